The summed E-state index contributed by atoms with van der Waals surface area (Å²) in [6.45, 7) is 1.01. The van der Waals surface area contributed by atoms with Gasteiger partial charge in [-0.25, -0.2) is 0 Å². The summed E-state index contributed by atoms with van der Waals surface area (Å²) in [4.78, 5) is 49.7. The second-order valence-electron chi connectivity index (χ2n) is 5.96. The van der Waals surface area contributed by atoms with E-state index >= 15 is 0 Å². The molecule has 0 saturated carbocycles. The number of amides is 1. The summed E-state index contributed by atoms with van der Waals surface area (Å²) < 4.78 is 10.2. The Morgan fingerprint density at radius 3 is 2.37 bits per heavy atom. The van der Waals surface area contributed by atoms with E-state index in [1.165, 1.54) is 20.1 Å². The number of rotatable bonds is 6. The molecular weight excluding hydrogens is 350 g/mol. The van der Waals surface area contributed by atoms with E-state index in [-0.39, 0.29) is 11.3 Å². The molecule has 0 radical (unpaired) electrons. The van der Waals surface area contributed by atoms with Gasteiger partial charge in [-0.1, -0.05) is 12.1 Å². The molecule has 7 nitrogen and oxygen atoms in total. The normalized spacial score (nSPS) is 13.9. The zero-order valence-electron chi connectivity index (χ0n) is 14.8. The van der Waals surface area contributed by atoms with Crippen LogP contribution in [0.4, 0.5) is 5.69 Å². The number of Topliss-reactive ketones (excluding diaryl/α,β-unsaturated/α-hetero) is 2. The number of methoxy groups -OCH3 is 1. The molecule has 0 spiro atoms. The van der Waals surface area contributed by atoms with Crippen molar-refractivity contribution in [2.75, 3.05) is 18.6 Å². The summed E-state index contributed by atoms with van der Waals surface area (Å²) in [5, 5.41) is 0. The SMILES string of the molecule is COc1ccc(C(=O)[C@@H](C)OC(=O)CN2C(=O)C(=O)c3ccccc32)cc1. The lowest BCUT2D eigenvalue weighted by atomic mass is 10.1. The van der Waals surface area contributed by atoms with E-state index in [4.69, 9.17) is 9.47 Å². The lowest BCUT2D eigenvalue weighted by Gasteiger charge is -2.18. The van der Waals surface area contributed by atoms with Crippen LogP contribution in [0.3, 0.4) is 0 Å². The molecule has 2 aromatic rings. The van der Waals surface area contributed by atoms with Crippen LogP contribution in [0.5, 0.6) is 5.75 Å². The van der Waals surface area contributed by atoms with Gasteiger partial charge in [0, 0.05) is 5.56 Å². The van der Waals surface area contributed by atoms with Crippen LogP contribution in [-0.4, -0.2) is 43.2 Å². The third-order valence-electron chi connectivity index (χ3n) is 4.22. The highest BCUT2D eigenvalue weighted by atomic mass is 16.5. The number of ketones is 2. The molecule has 138 valence electrons. The van der Waals surface area contributed by atoms with E-state index in [9.17, 15) is 19.2 Å². The van der Waals surface area contributed by atoms with Gasteiger partial charge in [-0.2, -0.15) is 0 Å². The molecule has 2 aromatic carbocycles. The van der Waals surface area contributed by atoms with Gasteiger partial charge in [0.1, 0.15) is 12.3 Å². The molecule has 1 atom stereocenters. The van der Waals surface area contributed by atoms with Crippen LogP contribution in [0.25, 0.3) is 0 Å². The number of carbonyl (C=O) groups excluding carboxylic acids is 4. The molecule has 1 aliphatic rings. The molecule has 0 N–H and O–H groups in total. The van der Waals surface area contributed by atoms with E-state index in [0.29, 0.717) is 17.0 Å². The minimum atomic E-state index is -1.03. The van der Waals surface area contributed by atoms with Crippen LogP contribution in [0, 0.1) is 0 Å². The Morgan fingerprint density at radius 1 is 1.04 bits per heavy atom. The van der Waals surface area contributed by atoms with E-state index in [1.54, 1.807) is 42.5 Å². The van der Waals surface area contributed by atoms with E-state index in [0.717, 1.165) is 4.90 Å². The Hall–Kier alpha value is -3.48. The smallest absolute Gasteiger partial charge is 0.326 e. The van der Waals surface area contributed by atoms with Gasteiger partial charge in [0.25, 0.3) is 11.7 Å². The van der Waals surface area contributed by atoms with Gasteiger partial charge in [0.2, 0.25) is 5.78 Å². The molecule has 1 aliphatic heterocycles. The summed E-state index contributed by atoms with van der Waals surface area (Å²) in [6, 6.07) is 12.8. The van der Waals surface area contributed by atoms with Crippen LogP contribution in [0.1, 0.15) is 27.6 Å². The molecule has 0 bridgehead atoms. The zero-order valence-corrected chi connectivity index (χ0v) is 14.8. The number of benzene rings is 2. The van der Waals surface area contributed by atoms with Crippen molar-refractivity contribution in [1.82, 2.24) is 0 Å². The second kappa shape index (κ2) is 7.41. The largest absolute Gasteiger partial charge is 0.497 e. The predicted molar refractivity (Wildman–Crippen MR) is 96.0 cm³/mol. The maximum atomic E-state index is 12.4. The van der Waals surface area contributed by atoms with Crippen LogP contribution in [-0.2, 0) is 14.3 Å². The second-order valence-corrected chi connectivity index (χ2v) is 5.96. The minimum Gasteiger partial charge on any atom is -0.497 e. The molecule has 0 fully saturated rings. The number of esters is 1. The lowest BCUT2D eigenvalue weighted by Crippen LogP contribution is -2.37. The van der Waals surface area contributed by atoms with Crippen molar-refractivity contribution in [3.8, 4) is 5.75 Å². The Balaban J connectivity index is 1.66. The highest BCUT2D eigenvalue weighted by molar-refractivity contribution is 6.52. The molecule has 0 unspecified atom stereocenters. The average Bonchev–Trinajstić information content (AvgIpc) is 2.92. The fraction of sp³-hybridized carbons (Fsp3) is 0.200. The number of anilines is 1. The molecule has 1 heterocycles. The van der Waals surface area contributed by atoms with Crippen molar-refractivity contribution in [2.45, 2.75) is 13.0 Å². The number of hydrogen-bond donors (Lipinski definition) is 0. The highest BCUT2D eigenvalue weighted by Crippen LogP contribution is 2.28. The average molecular weight is 367 g/mol. The first-order valence-electron chi connectivity index (χ1n) is 8.25. The molecule has 3 rings (SSSR count). The first-order valence-corrected chi connectivity index (χ1v) is 8.25. The van der Waals surface area contributed by atoms with Crippen molar-refractivity contribution in [1.29, 1.82) is 0 Å². The van der Waals surface area contributed by atoms with Gasteiger partial charge < -0.3 is 9.47 Å². The van der Waals surface area contributed by atoms with Crippen LogP contribution in [0.15, 0.2) is 48.5 Å². The van der Waals surface area contributed by atoms with Crippen LogP contribution >= 0.6 is 0 Å². The third-order valence-corrected chi connectivity index (χ3v) is 4.22. The van der Waals surface area contributed by atoms with E-state index in [2.05, 4.69) is 0 Å². The Morgan fingerprint density at radius 2 is 1.70 bits per heavy atom. The number of hydrogen-bond acceptors (Lipinski definition) is 6. The van der Waals surface area contributed by atoms with Gasteiger partial charge in [-0.15, -0.1) is 0 Å². The molecule has 1 amide bonds. The standard InChI is InChI=1S/C20H17NO6/c1-12(18(23)13-7-9-14(26-2)10-8-13)27-17(22)11-21-16-6-4-3-5-15(16)19(24)20(21)25/h3-10,12H,11H2,1-2H3/t12-/m1/s1. The topological polar surface area (TPSA) is 90.0 Å². The predicted octanol–water partition coefficient (Wildman–Crippen LogP) is 2.04. The molecular formula is C20H17NO6. The van der Waals surface area contributed by atoms with Crippen molar-refractivity contribution >= 4 is 29.1 Å². The summed E-state index contributed by atoms with van der Waals surface area (Å²) in [6.07, 6.45) is -1.03. The number of nitrogens with zero attached hydrogens (tertiary/aromatic N) is 1. The highest BCUT2D eigenvalue weighted by Gasteiger charge is 2.37. The minimum absolute atomic E-state index is 0.248. The van der Waals surface area contributed by atoms with E-state index < -0.39 is 30.3 Å². The summed E-state index contributed by atoms with van der Waals surface area (Å²) in [5.74, 6) is -2.01. The Bertz CT molecular complexity index is 918. The lowest BCUT2D eigenvalue weighted by molar-refractivity contribution is -0.145. The van der Waals surface area contributed by atoms with Crippen molar-refractivity contribution < 1.29 is 28.7 Å². The monoisotopic (exact) mass is 367 g/mol. The first kappa shape index (κ1) is 18.3. The fourth-order valence-electron chi connectivity index (χ4n) is 2.81. The summed E-state index contributed by atoms with van der Waals surface area (Å²) >= 11 is 0. The third kappa shape index (κ3) is 3.57. The van der Waals surface area contributed by atoms with Crippen LogP contribution in [0.2, 0.25) is 0 Å². The van der Waals surface area contributed by atoms with Gasteiger partial charge in [0.15, 0.2) is 6.10 Å². The van der Waals surface area contributed by atoms with E-state index in [1.807, 2.05) is 0 Å². The van der Waals surface area contributed by atoms with Crippen LogP contribution < -0.4 is 9.64 Å². The van der Waals surface area contributed by atoms with Gasteiger partial charge >= 0.3 is 5.97 Å². The molecule has 0 saturated heterocycles. The quantitative estimate of drug-likeness (QED) is 0.441. The van der Waals surface area contributed by atoms with Gasteiger partial charge in [0.05, 0.1) is 18.4 Å². The fourth-order valence-corrected chi connectivity index (χ4v) is 2.81. The Labute approximate surface area is 155 Å². The molecule has 27 heavy (non-hydrogen) atoms. The summed E-state index contributed by atoms with van der Waals surface area (Å²) in [7, 11) is 1.52. The summed E-state index contributed by atoms with van der Waals surface area (Å²) in [5.41, 5.74) is 0.977. The van der Waals surface area contributed by atoms with Crippen molar-refractivity contribution in [2.24, 2.45) is 0 Å². The number of para-hydroxylation sites is 1. The number of carbonyl (C=O) groups is 4. The number of fused-ring (bicyclic) bond motifs is 1. The molecule has 0 aliphatic carbocycles. The maximum absolute atomic E-state index is 12.4. The van der Waals surface area contributed by atoms with Crippen molar-refractivity contribution in [3.63, 3.8) is 0 Å². The van der Waals surface area contributed by atoms with Gasteiger partial charge in [-0.05, 0) is 43.3 Å². The maximum Gasteiger partial charge on any atom is 0.326 e. The zero-order chi connectivity index (χ0) is 19.6. The Kier molecular flexibility index (Phi) is 5.03. The molecule has 0 aromatic heterocycles. The number of ether oxygens (including phenoxy) is 2. The molecule has 7 heteroatoms. The van der Waals surface area contributed by atoms with Gasteiger partial charge in [-0.3, -0.25) is 24.1 Å². The van der Waals surface area contributed by atoms with Crippen molar-refractivity contribution in [3.05, 3.63) is 59.7 Å². The first-order chi connectivity index (χ1) is 12.9.